The number of anilines is 1. The minimum Gasteiger partial charge on any atom is -0.382 e. The molecule has 2 aliphatic rings. The second-order valence-electron chi connectivity index (χ2n) is 6.55. The number of nitrogens with one attached hydrogen (secondary N) is 1. The molecule has 1 aromatic heterocycles. The molecule has 0 amide bonds. The largest absolute Gasteiger partial charge is 0.382 e. The number of para-hydroxylation sites is 1. The molecule has 0 bridgehead atoms. The van der Waals surface area contributed by atoms with E-state index in [1.54, 1.807) is 6.07 Å². The zero-order valence-electron chi connectivity index (χ0n) is 13.4. The van der Waals surface area contributed by atoms with Crippen LogP contribution in [-0.4, -0.2) is 48.3 Å². The highest BCUT2D eigenvalue weighted by Crippen LogP contribution is 2.29. The van der Waals surface area contributed by atoms with Gasteiger partial charge >= 0.3 is 0 Å². The number of ether oxygens (including phenoxy) is 1. The van der Waals surface area contributed by atoms with Crippen LogP contribution in [-0.2, 0) is 4.74 Å². The Labute approximate surface area is 135 Å². The zero-order valence-corrected chi connectivity index (χ0v) is 13.4. The summed E-state index contributed by atoms with van der Waals surface area (Å²) in [6.45, 7) is 5.45. The smallest absolute Gasteiger partial charge is 0.149 e. The van der Waals surface area contributed by atoms with E-state index >= 15 is 0 Å². The number of halogens is 1. The third-order valence-electron chi connectivity index (χ3n) is 4.67. The lowest BCUT2D eigenvalue weighted by Crippen LogP contribution is -2.46. The fourth-order valence-corrected chi connectivity index (χ4v) is 3.35. The second kappa shape index (κ2) is 6.06. The average molecular weight is 315 g/mol. The Balaban J connectivity index is 1.50. The van der Waals surface area contributed by atoms with E-state index in [-0.39, 0.29) is 11.9 Å². The van der Waals surface area contributed by atoms with Crippen LogP contribution in [0.3, 0.4) is 0 Å². The van der Waals surface area contributed by atoms with Gasteiger partial charge in [0.05, 0.1) is 12.7 Å². The summed E-state index contributed by atoms with van der Waals surface area (Å²) in [4.78, 5) is 6.85. The number of hydrogen-bond donors (Lipinski definition) is 1. The van der Waals surface area contributed by atoms with Gasteiger partial charge in [-0.25, -0.2) is 9.37 Å². The molecule has 122 valence electrons. The summed E-state index contributed by atoms with van der Waals surface area (Å²) in [7, 11) is 0. The van der Waals surface area contributed by atoms with Gasteiger partial charge in [-0.15, -0.1) is 0 Å². The number of benzene rings is 1. The van der Waals surface area contributed by atoms with Crippen LogP contribution in [0.15, 0.2) is 24.3 Å². The van der Waals surface area contributed by atoms with Gasteiger partial charge in [0, 0.05) is 42.4 Å². The fraction of sp³-hybridized carbons (Fsp3) is 0.500. The molecule has 1 aliphatic carbocycles. The minimum absolute atomic E-state index is 0.182. The van der Waals surface area contributed by atoms with E-state index < -0.39 is 0 Å². The molecule has 1 atom stereocenters. The van der Waals surface area contributed by atoms with Gasteiger partial charge in [0.25, 0.3) is 0 Å². The van der Waals surface area contributed by atoms with Crippen molar-refractivity contribution in [2.45, 2.75) is 31.9 Å². The molecular weight excluding hydrogens is 293 g/mol. The van der Waals surface area contributed by atoms with E-state index in [1.165, 1.54) is 18.9 Å². The number of fused-ring (bicyclic) bond motifs is 1. The summed E-state index contributed by atoms with van der Waals surface area (Å²) < 4.78 is 19.8. The highest BCUT2D eigenvalue weighted by molar-refractivity contribution is 5.91. The first-order chi connectivity index (χ1) is 11.2. The quantitative estimate of drug-likeness (QED) is 0.941. The third kappa shape index (κ3) is 3.16. The molecule has 2 fully saturated rings. The number of hydrogen-bond acceptors (Lipinski definition) is 4. The Morgan fingerprint density at radius 2 is 2.26 bits per heavy atom. The van der Waals surface area contributed by atoms with Gasteiger partial charge in [0.15, 0.2) is 0 Å². The van der Waals surface area contributed by atoms with Crippen LogP contribution in [0.2, 0.25) is 0 Å². The van der Waals surface area contributed by atoms with Crippen molar-refractivity contribution in [1.82, 2.24) is 9.88 Å². The van der Waals surface area contributed by atoms with Gasteiger partial charge in [-0.05, 0) is 31.9 Å². The topological polar surface area (TPSA) is 37.4 Å². The second-order valence-corrected chi connectivity index (χ2v) is 6.55. The molecule has 1 saturated heterocycles. The zero-order chi connectivity index (χ0) is 15.8. The van der Waals surface area contributed by atoms with Crippen molar-refractivity contribution in [2.75, 3.05) is 31.6 Å². The number of nitrogens with zero attached hydrogens (tertiary/aromatic N) is 2. The maximum absolute atomic E-state index is 14.0. The summed E-state index contributed by atoms with van der Waals surface area (Å²) in [5.74, 6) is -0.275. The Hall–Kier alpha value is -1.72. The molecule has 2 aromatic rings. The van der Waals surface area contributed by atoms with E-state index in [9.17, 15) is 4.39 Å². The number of aryl methyl sites for hydroxylation is 1. The molecule has 1 saturated carbocycles. The number of aromatic nitrogens is 1. The van der Waals surface area contributed by atoms with Gasteiger partial charge in [-0.2, -0.15) is 0 Å². The lowest BCUT2D eigenvalue weighted by molar-refractivity contribution is -0.0241. The third-order valence-corrected chi connectivity index (χ3v) is 4.67. The maximum Gasteiger partial charge on any atom is 0.149 e. The number of pyridine rings is 1. The predicted molar refractivity (Wildman–Crippen MR) is 89.3 cm³/mol. The summed E-state index contributed by atoms with van der Waals surface area (Å²) >= 11 is 0. The van der Waals surface area contributed by atoms with E-state index in [0.717, 1.165) is 49.1 Å². The van der Waals surface area contributed by atoms with Crippen LogP contribution in [0, 0.1) is 12.7 Å². The molecule has 1 aromatic carbocycles. The average Bonchev–Trinajstić information content (AvgIpc) is 3.39. The van der Waals surface area contributed by atoms with Crippen LogP contribution in [0.5, 0.6) is 0 Å². The first-order valence-electron chi connectivity index (χ1n) is 8.36. The number of rotatable bonds is 4. The summed E-state index contributed by atoms with van der Waals surface area (Å²) in [6.07, 6.45) is 2.84. The summed E-state index contributed by atoms with van der Waals surface area (Å²) in [5, 5.41) is 4.27. The van der Waals surface area contributed by atoms with Gasteiger partial charge in [-0.1, -0.05) is 12.1 Å². The summed E-state index contributed by atoms with van der Waals surface area (Å²) in [5.41, 5.74) is 2.17. The first kappa shape index (κ1) is 14.8. The van der Waals surface area contributed by atoms with Crippen LogP contribution < -0.4 is 5.32 Å². The normalized spacial score (nSPS) is 22.4. The summed E-state index contributed by atoms with van der Waals surface area (Å²) in [6, 6.07) is 7.84. The van der Waals surface area contributed by atoms with Crippen molar-refractivity contribution in [1.29, 1.82) is 0 Å². The lowest BCUT2D eigenvalue weighted by atomic mass is 10.1. The first-order valence-corrected chi connectivity index (χ1v) is 8.36. The SMILES string of the molecule is Cc1cc(NCC2CN(C3CC3)CCO2)c2cccc(F)c2n1. The van der Waals surface area contributed by atoms with Crippen LogP contribution in [0.4, 0.5) is 10.1 Å². The number of morpholine rings is 1. The van der Waals surface area contributed by atoms with Crippen molar-refractivity contribution in [2.24, 2.45) is 0 Å². The standard InChI is InChI=1S/C18H22FN3O/c1-12-9-17(15-3-2-4-16(19)18(15)21-12)20-10-14-11-22(7-8-23-14)13-5-6-13/h2-4,9,13-14H,5-8,10-11H2,1H3,(H,20,21). The Morgan fingerprint density at radius 3 is 3.09 bits per heavy atom. The van der Waals surface area contributed by atoms with E-state index in [1.807, 2.05) is 19.1 Å². The van der Waals surface area contributed by atoms with E-state index in [0.29, 0.717) is 5.52 Å². The van der Waals surface area contributed by atoms with Crippen LogP contribution in [0.1, 0.15) is 18.5 Å². The van der Waals surface area contributed by atoms with Crippen molar-refractivity contribution in [3.8, 4) is 0 Å². The molecule has 0 spiro atoms. The Morgan fingerprint density at radius 1 is 1.39 bits per heavy atom. The molecule has 1 N–H and O–H groups in total. The Bertz CT molecular complexity index is 717. The monoisotopic (exact) mass is 315 g/mol. The van der Waals surface area contributed by atoms with Crippen molar-refractivity contribution in [3.05, 3.63) is 35.8 Å². The molecule has 1 unspecified atom stereocenters. The van der Waals surface area contributed by atoms with Crippen molar-refractivity contribution < 1.29 is 9.13 Å². The molecule has 0 radical (unpaired) electrons. The molecular formula is C18H22FN3O. The molecule has 5 heteroatoms. The fourth-order valence-electron chi connectivity index (χ4n) is 3.35. The molecule has 1 aliphatic heterocycles. The van der Waals surface area contributed by atoms with Crippen molar-refractivity contribution in [3.63, 3.8) is 0 Å². The van der Waals surface area contributed by atoms with Gasteiger partial charge in [0.1, 0.15) is 11.3 Å². The van der Waals surface area contributed by atoms with Gasteiger partial charge < -0.3 is 10.1 Å². The Kier molecular flexibility index (Phi) is 3.91. The molecule has 2 heterocycles. The van der Waals surface area contributed by atoms with Gasteiger partial charge in [-0.3, -0.25) is 4.90 Å². The van der Waals surface area contributed by atoms with Gasteiger partial charge in [0.2, 0.25) is 0 Å². The lowest BCUT2D eigenvalue weighted by Gasteiger charge is -2.33. The molecule has 23 heavy (non-hydrogen) atoms. The van der Waals surface area contributed by atoms with Crippen molar-refractivity contribution >= 4 is 16.6 Å². The maximum atomic E-state index is 14.0. The highest BCUT2D eigenvalue weighted by atomic mass is 19.1. The van der Waals surface area contributed by atoms with Crippen LogP contribution >= 0.6 is 0 Å². The predicted octanol–water partition coefficient (Wildman–Crippen LogP) is 2.96. The minimum atomic E-state index is -0.275. The molecule has 4 nitrogen and oxygen atoms in total. The van der Waals surface area contributed by atoms with E-state index in [4.69, 9.17) is 4.74 Å². The molecule has 4 rings (SSSR count). The highest BCUT2D eigenvalue weighted by Gasteiger charge is 2.32. The van der Waals surface area contributed by atoms with Crippen LogP contribution in [0.25, 0.3) is 10.9 Å². The van der Waals surface area contributed by atoms with E-state index in [2.05, 4.69) is 15.2 Å².